The first-order valence-corrected chi connectivity index (χ1v) is 7.76. The summed E-state index contributed by atoms with van der Waals surface area (Å²) in [5.41, 5.74) is 0. The summed E-state index contributed by atoms with van der Waals surface area (Å²) < 4.78 is 27.2. The molecule has 1 saturated heterocycles. The Morgan fingerprint density at radius 2 is 0.905 bits per heavy atom. The van der Waals surface area contributed by atoms with Crippen molar-refractivity contribution < 1.29 is 33.7 Å². The van der Waals surface area contributed by atoms with Crippen molar-refractivity contribution in [2.45, 2.75) is 0 Å². The van der Waals surface area contributed by atoms with Crippen LogP contribution in [0, 0.1) is 0 Å². The maximum atomic E-state index is 9.06. The summed E-state index contributed by atoms with van der Waals surface area (Å²) in [5.74, 6) is 0. The van der Waals surface area contributed by atoms with E-state index in [4.69, 9.17) is 28.8 Å². The highest BCUT2D eigenvalue weighted by atomic mass is 16.6. The average molecular weight is 308 g/mol. The summed E-state index contributed by atoms with van der Waals surface area (Å²) in [4.78, 5) is 1.29. The van der Waals surface area contributed by atoms with Gasteiger partial charge in [0.05, 0.1) is 72.7 Å². The zero-order chi connectivity index (χ0) is 15.0. The highest BCUT2D eigenvalue weighted by molar-refractivity contribution is 4.38. The van der Waals surface area contributed by atoms with Gasteiger partial charge in [0, 0.05) is 0 Å². The molecule has 0 atom stereocenters. The van der Waals surface area contributed by atoms with Crippen LogP contribution in [0.2, 0.25) is 0 Å². The van der Waals surface area contributed by atoms with Gasteiger partial charge in [0.2, 0.25) is 0 Å². The highest BCUT2D eigenvalue weighted by Crippen LogP contribution is 1.84. The molecule has 7 heteroatoms. The lowest BCUT2D eigenvalue weighted by atomic mass is 10.4. The fourth-order valence-electron chi connectivity index (χ4n) is 1.95. The second-order valence-corrected chi connectivity index (χ2v) is 4.79. The summed E-state index contributed by atoms with van der Waals surface area (Å²) >= 11 is 0. The minimum absolute atomic E-state index is 0.182. The Hall–Kier alpha value is -0.280. The maximum Gasteiger partial charge on any atom is 0.101 e. The summed E-state index contributed by atoms with van der Waals surface area (Å²) in [6.45, 7) is 8.61. The van der Waals surface area contributed by atoms with E-state index in [0.29, 0.717) is 66.1 Å². The smallest absolute Gasteiger partial charge is 0.101 e. The summed E-state index contributed by atoms with van der Waals surface area (Å²) in [7, 11) is 0. The first-order chi connectivity index (χ1) is 10.4. The van der Waals surface area contributed by atoms with Crippen LogP contribution >= 0.6 is 0 Å². The molecule has 0 bridgehead atoms. The molecule has 126 valence electrons. The normalized spacial score (nSPS) is 23.3. The number of hydrogen-bond donors (Lipinski definition) is 2. The Kier molecular flexibility index (Phi) is 13.1. The monoisotopic (exact) mass is 308 g/mol. The molecular weight excluding hydrogens is 278 g/mol. The molecule has 0 spiro atoms. The van der Waals surface area contributed by atoms with Crippen LogP contribution in [0.5, 0.6) is 0 Å². The average Bonchev–Trinajstić information content (AvgIpc) is 2.49. The minimum atomic E-state index is 0.182. The third-order valence-electron chi connectivity index (χ3n) is 3.15. The molecule has 0 aromatic carbocycles. The largest absolute Gasteiger partial charge is 0.391 e. The van der Waals surface area contributed by atoms with E-state index < -0.39 is 0 Å². The molecule has 1 heterocycles. The van der Waals surface area contributed by atoms with Crippen LogP contribution in [-0.4, -0.2) is 97.4 Å². The first kappa shape index (κ1) is 18.8. The van der Waals surface area contributed by atoms with Crippen LogP contribution in [-0.2, 0) is 23.7 Å². The van der Waals surface area contributed by atoms with Gasteiger partial charge in [-0.3, -0.25) is 0 Å². The van der Waals surface area contributed by atoms with Crippen molar-refractivity contribution in [3.63, 3.8) is 0 Å². The van der Waals surface area contributed by atoms with E-state index in [1.165, 1.54) is 4.90 Å². The van der Waals surface area contributed by atoms with Gasteiger partial charge in [-0.15, -0.1) is 0 Å². The van der Waals surface area contributed by atoms with Crippen molar-refractivity contribution in [3.8, 4) is 0 Å². The number of rotatable bonds is 2. The molecule has 0 amide bonds. The second-order valence-electron chi connectivity index (χ2n) is 4.79. The van der Waals surface area contributed by atoms with Crippen LogP contribution < -0.4 is 4.90 Å². The van der Waals surface area contributed by atoms with Gasteiger partial charge >= 0.3 is 0 Å². The molecule has 2 N–H and O–H groups in total. The maximum absolute atomic E-state index is 9.06. The number of ether oxygens (including phenoxy) is 5. The zero-order valence-corrected chi connectivity index (χ0v) is 12.9. The van der Waals surface area contributed by atoms with Crippen LogP contribution in [0.1, 0.15) is 0 Å². The van der Waals surface area contributed by atoms with Gasteiger partial charge in [-0.05, 0) is 0 Å². The van der Waals surface area contributed by atoms with Crippen LogP contribution in [0.4, 0.5) is 0 Å². The zero-order valence-electron chi connectivity index (χ0n) is 12.9. The Morgan fingerprint density at radius 3 is 1.24 bits per heavy atom. The van der Waals surface area contributed by atoms with Gasteiger partial charge < -0.3 is 33.7 Å². The van der Waals surface area contributed by atoms with E-state index in [1.807, 2.05) is 0 Å². The molecule has 0 saturated carbocycles. The van der Waals surface area contributed by atoms with E-state index in [9.17, 15) is 0 Å². The first-order valence-electron chi connectivity index (χ1n) is 7.76. The highest BCUT2D eigenvalue weighted by Gasteiger charge is 2.07. The van der Waals surface area contributed by atoms with Gasteiger partial charge in [0.15, 0.2) is 0 Å². The second kappa shape index (κ2) is 14.6. The van der Waals surface area contributed by atoms with E-state index in [0.717, 1.165) is 19.6 Å². The molecule has 0 aliphatic carbocycles. The summed E-state index contributed by atoms with van der Waals surface area (Å²) in [6, 6.07) is 0. The molecule has 1 aliphatic heterocycles. The summed E-state index contributed by atoms with van der Waals surface area (Å²) in [5, 5.41) is 9.06. The molecule has 0 radical (unpaired) electrons. The quantitative estimate of drug-likeness (QED) is 0.613. The Morgan fingerprint density at radius 1 is 0.571 bits per heavy atom. The lowest BCUT2D eigenvalue weighted by Crippen LogP contribution is -3.13. The molecule has 0 aromatic rings. The third-order valence-corrected chi connectivity index (χ3v) is 3.15. The van der Waals surface area contributed by atoms with Gasteiger partial charge in [-0.1, -0.05) is 0 Å². The number of quaternary nitrogens is 1. The van der Waals surface area contributed by atoms with Crippen molar-refractivity contribution in [3.05, 3.63) is 0 Å². The molecule has 0 aromatic heterocycles. The van der Waals surface area contributed by atoms with Gasteiger partial charge in [-0.2, -0.15) is 0 Å². The SMILES string of the molecule is OCC[NH+]1CCOCCOCCOCCOCCOCC1. The van der Waals surface area contributed by atoms with Crippen molar-refractivity contribution in [1.29, 1.82) is 0 Å². The van der Waals surface area contributed by atoms with E-state index in [2.05, 4.69) is 0 Å². The lowest BCUT2D eigenvalue weighted by Gasteiger charge is -2.18. The minimum Gasteiger partial charge on any atom is -0.391 e. The fourth-order valence-corrected chi connectivity index (χ4v) is 1.95. The Labute approximate surface area is 127 Å². The van der Waals surface area contributed by atoms with Gasteiger partial charge in [-0.25, -0.2) is 0 Å². The van der Waals surface area contributed by atoms with Crippen molar-refractivity contribution in [2.75, 3.05) is 92.3 Å². The Balaban J connectivity index is 2.18. The summed E-state index contributed by atoms with van der Waals surface area (Å²) in [6.07, 6.45) is 0. The number of aliphatic hydroxyl groups is 1. The molecule has 1 aliphatic rings. The van der Waals surface area contributed by atoms with Gasteiger partial charge in [0.1, 0.15) is 19.6 Å². The molecule has 0 unspecified atom stereocenters. The van der Waals surface area contributed by atoms with E-state index in [-0.39, 0.29) is 6.61 Å². The molecule has 7 nitrogen and oxygen atoms in total. The topological polar surface area (TPSA) is 70.8 Å². The van der Waals surface area contributed by atoms with Crippen molar-refractivity contribution in [1.82, 2.24) is 0 Å². The lowest BCUT2D eigenvalue weighted by molar-refractivity contribution is -0.901. The molecular formula is C14H30NO6+. The van der Waals surface area contributed by atoms with Gasteiger partial charge in [0.25, 0.3) is 0 Å². The predicted octanol–water partition coefficient (Wildman–Crippen LogP) is -2.04. The molecule has 21 heavy (non-hydrogen) atoms. The number of hydrogen-bond acceptors (Lipinski definition) is 6. The fraction of sp³-hybridized carbons (Fsp3) is 1.00. The number of aliphatic hydroxyl groups excluding tert-OH is 1. The van der Waals surface area contributed by atoms with Crippen molar-refractivity contribution >= 4 is 0 Å². The van der Waals surface area contributed by atoms with Crippen LogP contribution in [0.3, 0.4) is 0 Å². The third kappa shape index (κ3) is 12.0. The van der Waals surface area contributed by atoms with Crippen LogP contribution in [0.25, 0.3) is 0 Å². The van der Waals surface area contributed by atoms with Crippen molar-refractivity contribution in [2.24, 2.45) is 0 Å². The predicted molar refractivity (Wildman–Crippen MR) is 76.7 cm³/mol. The van der Waals surface area contributed by atoms with E-state index >= 15 is 0 Å². The van der Waals surface area contributed by atoms with Crippen LogP contribution in [0.15, 0.2) is 0 Å². The van der Waals surface area contributed by atoms with E-state index in [1.54, 1.807) is 0 Å². The number of nitrogens with one attached hydrogen (secondary N) is 1. The molecule has 1 rings (SSSR count). The molecule has 1 fully saturated rings. The Bertz CT molecular complexity index is 202. The standard InChI is InChI=1S/C14H29NO6/c16-4-1-15-2-5-17-7-9-19-11-13-21-14-12-20-10-8-18-6-3-15/h16H,1-14H2/p+1.